The Bertz CT molecular complexity index is 948. The topological polar surface area (TPSA) is 56.8 Å². The Hall–Kier alpha value is -2.66. The summed E-state index contributed by atoms with van der Waals surface area (Å²) in [5, 5.41) is 3.20. The molecule has 0 saturated heterocycles. The van der Waals surface area contributed by atoms with Crippen LogP contribution in [-0.4, -0.2) is 27.3 Å². The van der Waals surface area contributed by atoms with Crippen molar-refractivity contribution >= 4 is 34.2 Å². The monoisotopic (exact) mass is 505 g/mol. The molecule has 152 valence electrons. The van der Waals surface area contributed by atoms with Crippen LogP contribution >= 0.6 is 22.6 Å². The number of anilines is 1. The molecule has 0 bridgehead atoms. The van der Waals surface area contributed by atoms with Gasteiger partial charge in [0.15, 0.2) is 0 Å². The maximum absolute atomic E-state index is 12.2. The van der Waals surface area contributed by atoms with Crippen LogP contribution in [0.1, 0.15) is 30.9 Å². The number of esters is 1. The van der Waals surface area contributed by atoms with Crippen molar-refractivity contribution in [1.29, 1.82) is 0 Å². The van der Waals surface area contributed by atoms with Gasteiger partial charge in [0.2, 0.25) is 0 Å². The minimum Gasteiger partial charge on any atom is -0.495 e. The number of hydrogen-bond acceptors (Lipinski definition) is 5. The summed E-state index contributed by atoms with van der Waals surface area (Å²) >= 11 is 2.28. The average molecular weight is 505 g/mol. The molecule has 0 aromatic heterocycles. The number of nitrogens with one attached hydrogen (secondary N) is 1. The van der Waals surface area contributed by atoms with E-state index in [1.807, 2.05) is 18.2 Å². The van der Waals surface area contributed by atoms with Crippen LogP contribution in [0.3, 0.4) is 0 Å². The van der Waals surface area contributed by atoms with E-state index in [1.165, 1.54) is 7.11 Å². The molecular formula is C23H24INO4. The Morgan fingerprint density at radius 1 is 1.10 bits per heavy atom. The third-order valence-corrected chi connectivity index (χ3v) is 4.83. The number of carbonyl (C=O) groups excluding carboxylic acids is 1. The first kappa shape index (κ1) is 22.6. The lowest BCUT2D eigenvalue weighted by atomic mass is 10.0. The van der Waals surface area contributed by atoms with Gasteiger partial charge in [-0.15, -0.1) is 0 Å². The van der Waals surface area contributed by atoms with Gasteiger partial charge in [0, 0.05) is 15.5 Å². The van der Waals surface area contributed by atoms with Gasteiger partial charge in [0.05, 0.1) is 21.3 Å². The SMILES string of the molecule is COC(=O)C(C#Cc1c(OC)cccc1OC)=CNc1ccc(I)cc1C(C)C. The van der Waals surface area contributed by atoms with Crippen LogP contribution in [0.4, 0.5) is 5.69 Å². The van der Waals surface area contributed by atoms with E-state index < -0.39 is 5.97 Å². The molecule has 0 heterocycles. The summed E-state index contributed by atoms with van der Waals surface area (Å²) in [6, 6.07) is 11.5. The van der Waals surface area contributed by atoms with E-state index in [4.69, 9.17) is 14.2 Å². The highest BCUT2D eigenvalue weighted by Gasteiger charge is 2.11. The quantitative estimate of drug-likeness (QED) is 0.261. The lowest BCUT2D eigenvalue weighted by molar-refractivity contribution is -0.135. The van der Waals surface area contributed by atoms with Crippen molar-refractivity contribution in [2.45, 2.75) is 19.8 Å². The molecule has 0 spiro atoms. The predicted molar refractivity (Wildman–Crippen MR) is 123 cm³/mol. The predicted octanol–water partition coefficient (Wildman–Crippen LogP) is 4.95. The Morgan fingerprint density at radius 2 is 1.76 bits per heavy atom. The number of carbonyl (C=O) groups is 1. The van der Waals surface area contributed by atoms with Gasteiger partial charge < -0.3 is 19.5 Å². The minimum atomic E-state index is -0.532. The number of hydrogen-bond donors (Lipinski definition) is 1. The highest BCUT2D eigenvalue weighted by molar-refractivity contribution is 14.1. The van der Waals surface area contributed by atoms with Crippen LogP contribution in [0.15, 0.2) is 48.2 Å². The summed E-state index contributed by atoms with van der Waals surface area (Å²) in [4.78, 5) is 12.2. The zero-order valence-electron chi connectivity index (χ0n) is 17.1. The maximum atomic E-state index is 12.2. The first-order valence-electron chi connectivity index (χ1n) is 8.98. The van der Waals surface area contributed by atoms with Crippen molar-refractivity contribution in [2.75, 3.05) is 26.6 Å². The number of benzene rings is 2. The lowest BCUT2D eigenvalue weighted by Gasteiger charge is -2.13. The molecule has 0 fully saturated rings. The molecule has 0 aliphatic heterocycles. The van der Waals surface area contributed by atoms with Crippen molar-refractivity contribution in [2.24, 2.45) is 0 Å². The second-order valence-electron chi connectivity index (χ2n) is 6.37. The smallest absolute Gasteiger partial charge is 0.347 e. The molecule has 0 amide bonds. The fourth-order valence-electron chi connectivity index (χ4n) is 2.65. The first-order valence-corrected chi connectivity index (χ1v) is 10.1. The summed E-state index contributed by atoms with van der Waals surface area (Å²) in [7, 11) is 4.44. The van der Waals surface area contributed by atoms with Crippen LogP contribution in [0.25, 0.3) is 0 Å². The second kappa shape index (κ2) is 10.8. The van der Waals surface area contributed by atoms with Gasteiger partial charge in [0.25, 0.3) is 0 Å². The van der Waals surface area contributed by atoms with E-state index in [0.29, 0.717) is 23.0 Å². The Kier molecular flexibility index (Phi) is 8.40. The molecule has 0 radical (unpaired) electrons. The molecule has 0 saturated carbocycles. The summed E-state index contributed by atoms with van der Waals surface area (Å²) in [5.41, 5.74) is 2.81. The molecule has 0 unspecified atom stereocenters. The second-order valence-corrected chi connectivity index (χ2v) is 7.61. The minimum absolute atomic E-state index is 0.189. The van der Waals surface area contributed by atoms with Crippen LogP contribution in [0, 0.1) is 15.4 Å². The standard InChI is InChI=1S/C23H24INO4/c1-15(2)19-13-17(24)10-12-20(19)25-14-16(23(26)29-5)9-11-18-21(27-3)7-6-8-22(18)28-4/h6-8,10,12-15,25H,1-5H3. The van der Waals surface area contributed by atoms with Gasteiger partial charge >= 0.3 is 5.97 Å². The van der Waals surface area contributed by atoms with E-state index >= 15 is 0 Å². The van der Waals surface area contributed by atoms with Crippen molar-refractivity contribution in [1.82, 2.24) is 0 Å². The molecule has 0 atom stereocenters. The first-order chi connectivity index (χ1) is 13.9. The van der Waals surface area contributed by atoms with Crippen molar-refractivity contribution in [3.63, 3.8) is 0 Å². The van der Waals surface area contributed by atoms with Crippen LogP contribution in [0.5, 0.6) is 11.5 Å². The van der Waals surface area contributed by atoms with E-state index in [1.54, 1.807) is 32.6 Å². The van der Waals surface area contributed by atoms with Gasteiger partial charge in [-0.3, -0.25) is 0 Å². The fraction of sp³-hybridized carbons (Fsp3) is 0.261. The fourth-order valence-corrected chi connectivity index (χ4v) is 3.17. The molecule has 1 N–H and O–H groups in total. The molecule has 29 heavy (non-hydrogen) atoms. The third-order valence-electron chi connectivity index (χ3n) is 4.16. The van der Waals surface area contributed by atoms with Gasteiger partial charge in [0.1, 0.15) is 22.6 Å². The summed E-state index contributed by atoms with van der Waals surface area (Å²) in [6.07, 6.45) is 1.56. The maximum Gasteiger partial charge on any atom is 0.347 e. The number of halogens is 1. The normalized spacial score (nSPS) is 10.8. The van der Waals surface area contributed by atoms with Gasteiger partial charge in [-0.25, -0.2) is 4.79 Å². The van der Waals surface area contributed by atoms with Crippen molar-refractivity contribution < 1.29 is 19.0 Å². The molecule has 2 aromatic carbocycles. The number of rotatable bonds is 6. The van der Waals surface area contributed by atoms with E-state index in [0.717, 1.165) is 14.8 Å². The zero-order chi connectivity index (χ0) is 21.4. The molecule has 2 rings (SSSR count). The van der Waals surface area contributed by atoms with E-state index in [2.05, 4.69) is 59.7 Å². The van der Waals surface area contributed by atoms with Gasteiger partial charge in [-0.2, -0.15) is 0 Å². The number of ether oxygens (including phenoxy) is 3. The Labute approximate surface area is 185 Å². The molecular weight excluding hydrogens is 481 g/mol. The molecule has 6 heteroatoms. The van der Waals surface area contributed by atoms with E-state index in [-0.39, 0.29) is 5.57 Å². The lowest BCUT2D eigenvalue weighted by Crippen LogP contribution is -2.06. The highest BCUT2D eigenvalue weighted by atomic mass is 127. The van der Waals surface area contributed by atoms with Crippen molar-refractivity contribution in [3.8, 4) is 23.3 Å². The molecule has 0 aliphatic carbocycles. The zero-order valence-corrected chi connectivity index (χ0v) is 19.3. The summed E-state index contributed by atoms with van der Waals surface area (Å²) < 4.78 is 16.7. The highest BCUT2D eigenvalue weighted by Crippen LogP contribution is 2.28. The Morgan fingerprint density at radius 3 is 2.31 bits per heavy atom. The van der Waals surface area contributed by atoms with Crippen LogP contribution in [-0.2, 0) is 9.53 Å². The van der Waals surface area contributed by atoms with Gasteiger partial charge in [-0.05, 0) is 64.4 Å². The average Bonchev–Trinajstić information content (AvgIpc) is 2.73. The number of methoxy groups -OCH3 is 3. The Balaban J connectivity index is 2.44. The third kappa shape index (κ3) is 5.91. The largest absolute Gasteiger partial charge is 0.495 e. The molecule has 2 aromatic rings. The summed E-state index contributed by atoms with van der Waals surface area (Å²) in [6.45, 7) is 4.24. The van der Waals surface area contributed by atoms with Crippen LogP contribution < -0.4 is 14.8 Å². The van der Waals surface area contributed by atoms with Gasteiger partial charge in [-0.1, -0.05) is 31.8 Å². The summed E-state index contributed by atoms with van der Waals surface area (Å²) in [5.74, 6) is 6.77. The molecule has 5 nitrogen and oxygen atoms in total. The van der Waals surface area contributed by atoms with Crippen LogP contribution in [0.2, 0.25) is 0 Å². The van der Waals surface area contributed by atoms with E-state index in [9.17, 15) is 4.79 Å². The molecule has 0 aliphatic rings. The van der Waals surface area contributed by atoms with Crippen molar-refractivity contribution in [3.05, 3.63) is 62.9 Å².